The fourth-order valence-electron chi connectivity index (χ4n) is 3.81. The van der Waals surface area contributed by atoms with Crippen LogP contribution in [-0.2, 0) is 14.8 Å². The summed E-state index contributed by atoms with van der Waals surface area (Å²) in [5.74, 6) is -0.269. The first-order valence-corrected chi connectivity index (χ1v) is 10.5. The Hall–Kier alpha value is -2.34. The molecule has 1 N–H and O–H groups in total. The van der Waals surface area contributed by atoms with Crippen molar-refractivity contribution >= 4 is 32.4 Å². The number of nitrogens with one attached hydrogen (secondary N) is 1. The molecule has 0 atom stereocenters. The van der Waals surface area contributed by atoms with Gasteiger partial charge in [0.1, 0.15) is 6.54 Å². The van der Waals surface area contributed by atoms with Gasteiger partial charge in [-0.1, -0.05) is 35.9 Å². The monoisotopic (exact) mass is 370 g/mol. The summed E-state index contributed by atoms with van der Waals surface area (Å²) in [5.41, 5.74) is 1.98. The Kier molecular flexibility index (Phi) is 4.44. The summed E-state index contributed by atoms with van der Waals surface area (Å²) < 4.78 is 26.9. The molecule has 0 spiro atoms. The van der Waals surface area contributed by atoms with E-state index in [1.165, 1.54) is 22.7 Å². The maximum Gasteiger partial charge on any atom is 0.265 e. The number of sulfonamides is 1. The van der Waals surface area contributed by atoms with E-state index in [0.717, 1.165) is 24.6 Å². The van der Waals surface area contributed by atoms with Gasteiger partial charge < -0.3 is 5.32 Å². The molecule has 136 valence electrons. The van der Waals surface area contributed by atoms with Crippen LogP contribution in [0.1, 0.15) is 32.1 Å². The van der Waals surface area contributed by atoms with Crippen LogP contribution in [0.15, 0.2) is 52.9 Å². The van der Waals surface area contributed by atoms with Gasteiger partial charge >= 0.3 is 0 Å². The van der Waals surface area contributed by atoms with Gasteiger partial charge in [0, 0.05) is 11.9 Å². The predicted molar refractivity (Wildman–Crippen MR) is 103 cm³/mol. The summed E-state index contributed by atoms with van der Waals surface area (Å²) in [6.45, 7) is 0.366. The number of hydrogen-bond acceptors (Lipinski definition) is 3. The quantitative estimate of drug-likeness (QED) is 0.821. The molecule has 1 aliphatic heterocycles. The largest absolute Gasteiger partial charge is 0.354 e. The van der Waals surface area contributed by atoms with Gasteiger partial charge in [0.15, 0.2) is 0 Å². The first-order chi connectivity index (χ1) is 12.6. The molecule has 1 aliphatic carbocycles. The van der Waals surface area contributed by atoms with Crippen LogP contribution < -0.4 is 9.62 Å². The van der Waals surface area contributed by atoms with Crippen LogP contribution in [-0.4, -0.2) is 27.4 Å². The van der Waals surface area contributed by atoms with Crippen molar-refractivity contribution in [2.75, 3.05) is 17.4 Å². The lowest BCUT2D eigenvalue weighted by atomic mass is 9.97. The fraction of sp³-hybridized carbons (Fsp3) is 0.350. The minimum Gasteiger partial charge on any atom is -0.354 e. The van der Waals surface area contributed by atoms with Crippen molar-refractivity contribution in [2.24, 2.45) is 0 Å². The molecule has 0 unspecified atom stereocenters. The van der Waals surface area contributed by atoms with E-state index in [-0.39, 0.29) is 17.3 Å². The first-order valence-electron chi connectivity index (χ1n) is 9.06. The second-order valence-electron chi connectivity index (χ2n) is 6.85. The first kappa shape index (κ1) is 17.1. The van der Waals surface area contributed by atoms with Crippen LogP contribution in [0.2, 0.25) is 0 Å². The van der Waals surface area contributed by atoms with E-state index in [4.69, 9.17) is 0 Å². The molecule has 1 amide bonds. The highest BCUT2D eigenvalue weighted by Gasteiger charge is 2.36. The van der Waals surface area contributed by atoms with E-state index in [1.54, 1.807) is 18.2 Å². The average molecular weight is 370 g/mol. The molecule has 0 aromatic heterocycles. The van der Waals surface area contributed by atoms with Gasteiger partial charge in [0.25, 0.3) is 10.0 Å². The molecule has 4 rings (SSSR count). The van der Waals surface area contributed by atoms with Crippen molar-refractivity contribution in [3.05, 3.63) is 48.0 Å². The number of hydrogen-bond donors (Lipinski definition) is 1. The molecule has 0 fully saturated rings. The minimum atomic E-state index is -3.68. The molecule has 2 aromatic rings. The fourth-order valence-corrected chi connectivity index (χ4v) is 5.48. The lowest BCUT2D eigenvalue weighted by Crippen LogP contribution is -2.39. The van der Waals surface area contributed by atoms with Gasteiger partial charge in [0.2, 0.25) is 5.91 Å². The highest BCUT2D eigenvalue weighted by molar-refractivity contribution is 7.93. The van der Waals surface area contributed by atoms with Crippen LogP contribution in [0, 0.1) is 0 Å². The lowest BCUT2D eigenvalue weighted by molar-refractivity contribution is -0.119. The third kappa shape index (κ3) is 2.98. The smallest absolute Gasteiger partial charge is 0.265 e. The SMILES string of the molecule is O=C(CN1c2cccc3cccc(c23)S1(=O)=O)NCCC1=CCCCC1. The highest BCUT2D eigenvalue weighted by Crippen LogP contribution is 2.41. The van der Waals surface area contributed by atoms with E-state index in [1.807, 2.05) is 18.2 Å². The number of allylic oxidation sites excluding steroid dienone is 1. The van der Waals surface area contributed by atoms with E-state index in [9.17, 15) is 13.2 Å². The highest BCUT2D eigenvalue weighted by atomic mass is 32.2. The Morgan fingerprint density at radius 1 is 1.12 bits per heavy atom. The summed E-state index contributed by atoms with van der Waals surface area (Å²) in [5, 5.41) is 4.44. The van der Waals surface area contributed by atoms with Crippen molar-refractivity contribution < 1.29 is 13.2 Å². The Labute approximate surface area is 153 Å². The maximum absolute atomic E-state index is 12.9. The zero-order chi connectivity index (χ0) is 18.1. The summed E-state index contributed by atoms with van der Waals surface area (Å²) in [6, 6.07) is 10.7. The second kappa shape index (κ2) is 6.76. The van der Waals surface area contributed by atoms with Gasteiger partial charge in [-0.3, -0.25) is 9.10 Å². The van der Waals surface area contributed by atoms with Gasteiger partial charge in [0.05, 0.1) is 10.6 Å². The average Bonchev–Trinajstić information content (AvgIpc) is 2.86. The molecule has 5 nitrogen and oxygen atoms in total. The van der Waals surface area contributed by atoms with Crippen molar-refractivity contribution in [3.63, 3.8) is 0 Å². The normalized spacial score (nSPS) is 18.0. The lowest BCUT2D eigenvalue weighted by Gasteiger charge is -2.19. The number of anilines is 1. The third-order valence-corrected chi connectivity index (χ3v) is 6.92. The maximum atomic E-state index is 12.9. The Morgan fingerprint density at radius 2 is 1.92 bits per heavy atom. The van der Waals surface area contributed by atoms with Crippen LogP contribution in [0.4, 0.5) is 5.69 Å². The predicted octanol–water partition coefficient (Wildman–Crippen LogP) is 3.36. The van der Waals surface area contributed by atoms with Gasteiger partial charge in [-0.05, 0) is 49.6 Å². The molecule has 0 radical (unpaired) electrons. The Balaban J connectivity index is 1.47. The van der Waals surface area contributed by atoms with Gasteiger partial charge in [-0.25, -0.2) is 8.42 Å². The van der Waals surface area contributed by atoms with Crippen molar-refractivity contribution in [1.29, 1.82) is 0 Å². The molecular formula is C20H22N2O3S. The number of carbonyl (C=O) groups excluding carboxylic acids is 1. The standard InChI is InChI=1S/C20H22N2O3S/c23-19(21-13-12-15-6-2-1-3-7-15)14-22-17-10-4-8-16-9-5-11-18(20(16)17)26(22,24)25/h4-6,8-11H,1-3,7,12-14H2,(H,21,23). The van der Waals surface area contributed by atoms with Crippen molar-refractivity contribution in [3.8, 4) is 0 Å². The molecular weight excluding hydrogens is 348 g/mol. The summed E-state index contributed by atoms with van der Waals surface area (Å²) >= 11 is 0. The molecule has 1 heterocycles. The number of nitrogens with zero attached hydrogens (tertiary/aromatic N) is 1. The van der Waals surface area contributed by atoms with Crippen LogP contribution in [0.5, 0.6) is 0 Å². The van der Waals surface area contributed by atoms with Crippen LogP contribution in [0.25, 0.3) is 10.8 Å². The second-order valence-corrected chi connectivity index (χ2v) is 8.68. The molecule has 26 heavy (non-hydrogen) atoms. The van der Waals surface area contributed by atoms with Gasteiger partial charge in [-0.15, -0.1) is 0 Å². The van der Waals surface area contributed by atoms with Gasteiger partial charge in [-0.2, -0.15) is 0 Å². The Bertz CT molecular complexity index is 990. The zero-order valence-electron chi connectivity index (χ0n) is 14.6. The minimum absolute atomic E-state index is 0.185. The van der Waals surface area contributed by atoms with Crippen molar-refractivity contribution in [2.45, 2.75) is 37.0 Å². The molecule has 0 saturated heterocycles. The van der Waals surface area contributed by atoms with Crippen LogP contribution in [0.3, 0.4) is 0 Å². The summed E-state index contributed by atoms with van der Waals surface area (Å²) in [6.07, 6.45) is 7.79. The van der Waals surface area contributed by atoms with Crippen molar-refractivity contribution in [1.82, 2.24) is 5.32 Å². The number of benzene rings is 2. The Morgan fingerprint density at radius 3 is 2.69 bits per heavy atom. The molecule has 6 heteroatoms. The zero-order valence-corrected chi connectivity index (χ0v) is 15.4. The molecule has 2 aliphatic rings. The summed E-state index contributed by atoms with van der Waals surface area (Å²) in [4.78, 5) is 12.6. The third-order valence-electron chi connectivity index (χ3n) is 5.12. The molecule has 2 aromatic carbocycles. The summed E-state index contributed by atoms with van der Waals surface area (Å²) in [7, 11) is -3.68. The molecule has 0 bridgehead atoms. The number of amides is 1. The number of rotatable bonds is 5. The van der Waals surface area contributed by atoms with E-state index in [2.05, 4.69) is 11.4 Å². The van der Waals surface area contributed by atoms with E-state index < -0.39 is 10.0 Å². The van der Waals surface area contributed by atoms with Crippen LogP contribution >= 0.6 is 0 Å². The topological polar surface area (TPSA) is 66.5 Å². The number of carbonyl (C=O) groups is 1. The molecule has 0 saturated carbocycles. The van der Waals surface area contributed by atoms with E-state index >= 15 is 0 Å². The van der Waals surface area contributed by atoms with E-state index in [0.29, 0.717) is 17.6 Å².